The third-order valence-electron chi connectivity index (χ3n) is 6.36. The molecule has 35 heavy (non-hydrogen) atoms. The summed E-state index contributed by atoms with van der Waals surface area (Å²) in [5.74, 6) is 0.962. The molecule has 1 saturated heterocycles. The van der Waals surface area contributed by atoms with Crippen molar-refractivity contribution in [2.24, 2.45) is 0 Å². The zero-order chi connectivity index (χ0) is 24.7. The zero-order valence-electron chi connectivity index (χ0n) is 20.9. The number of benzene rings is 1. The van der Waals surface area contributed by atoms with E-state index in [1.807, 2.05) is 74.9 Å². The number of anilines is 1. The zero-order valence-corrected chi connectivity index (χ0v) is 20.9. The summed E-state index contributed by atoms with van der Waals surface area (Å²) in [5.41, 5.74) is 4.20. The second kappa shape index (κ2) is 8.92. The van der Waals surface area contributed by atoms with E-state index in [4.69, 9.17) is 9.72 Å². The van der Waals surface area contributed by atoms with Gasteiger partial charge in [-0.05, 0) is 45.7 Å². The first-order valence-electron chi connectivity index (χ1n) is 12.1. The lowest BCUT2D eigenvalue weighted by molar-refractivity contribution is -0.158. The number of ether oxygens (including phenoxy) is 1. The maximum Gasteiger partial charge on any atom is 0.323 e. The molecule has 4 heterocycles. The molecular formula is C27H32N6O2. The van der Waals surface area contributed by atoms with Crippen LogP contribution in [-0.4, -0.2) is 57.8 Å². The molecule has 5 rings (SSSR count). The van der Waals surface area contributed by atoms with Gasteiger partial charge < -0.3 is 15.0 Å². The van der Waals surface area contributed by atoms with Crippen LogP contribution in [0.3, 0.4) is 0 Å². The molecule has 0 bridgehead atoms. The van der Waals surface area contributed by atoms with Gasteiger partial charge in [-0.2, -0.15) is 9.61 Å². The molecule has 1 fully saturated rings. The second-order valence-electron chi connectivity index (χ2n) is 10.4. The Morgan fingerprint density at radius 2 is 1.94 bits per heavy atom. The third kappa shape index (κ3) is 4.71. The van der Waals surface area contributed by atoms with Crippen LogP contribution in [0.25, 0.3) is 27.7 Å². The van der Waals surface area contributed by atoms with Crippen molar-refractivity contribution in [1.82, 2.24) is 24.9 Å². The molecule has 0 saturated carbocycles. The molecule has 2 atom stereocenters. The van der Waals surface area contributed by atoms with E-state index in [0.717, 1.165) is 45.6 Å². The predicted octanol–water partition coefficient (Wildman–Crippen LogP) is 4.19. The quantitative estimate of drug-likeness (QED) is 0.446. The van der Waals surface area contributed by atoms with Crippen molar-refractivity contribution < 1.29 is 9.53 Å². The molecule has 1 aromatic carbocycles. The normalized spacial score (nSPS) is 18.7. The van der Waals surface area contributed by atoms with Crippen molar-refractivity contribution in [3.8, 4) is 11.1 Å². The summed E-state index contributed by atoms with van der Waals surface area (Å²) in [6.07, 6.45) is 5.32. The SMILES string of the molecule is CN(C)c1cc(C2CCC(C(=O)OC(C)(C)C)NC2)nc2c(-c3cnc4ccccc4c3)cnn12. The summed E-state index contributed by atoms with van der Waals surface area (Å²) < 4.78 is 7.45. The van der Waals surface area contributed by atoms with Crippen LogP contribution in [0.15, 0.2) is 48.8 Å². The standard InChI is InChI=1S/C27H32N6O2/c1-27(2,3)35-26(34)22-11-10-18(14-29-22)23-13-24(32(4)5)33-25(31-23)20(16-30-33)19-12-17-8-6-7-9-21(17)28-15-19/h6-9,12-13,15-16,18,22,29H,10-11,14H2,1-5H3. The van der Waals surface area contributed by atoms with Gasteiger partial charge in [0.25, 0.3) is 0 Å². The molecule has 0 amide bonds. The van der Waals surface area contributed by atoms with Crippen LogP contribution >= 0.6 is 0 Å². The van der Waals surface area contributed by atoms with Crippen molar-refractivity contribution in [2.75, 3.05) is 25.5 Å². The molecule has 2 unspecified atom stereocenters. The Morgan fingerprint density at radius 1 is 1.14 bits per heavy atom. The fourth-order valence-electron chi connectivity index (χ4n) is 4.60. The molecule has 8 nitrogen and oxygen atoms in total. The van der Waals surface area contributed by atoms with Crippen molar-refractivity contribution in [3.63, 3.8) is 0 Å². The maximum absolute atomic E-state index is 12.5. The number of para-hydroxylation sites is 1. The summed E-state index contributed by atoms with van der Waals surface area (Å²) in [6, 6.07) is 12.0. The number of esters is 1. The lowest BCUT2D eigenvalue weighted by Crippen LogP contribution is -2.46. The molecule has 1 aliphatic heterocycles. The molecule has 182 valence electrons. The smallest absolute Gasteiger partial charge is 0.323 e. The van der Waals surface area contributed by atoms with Gasteiger partial charge in [-0.1, -0.05) is 18.2 Å². The predicted molar refractivity (Wildman–Crippen MR) is 138 cm³/mol. The molecule has 0 radical (unpaired) electrons. The molecule has 1 aliphatic rings. The van der Waals surface area contributed by atoms with Gasteiger partial charge in [0.1, 0.15) is 17.5 Å². The Bertz CT molecular complexity index is 1380. The van der Waals surface area contributed by atoms with E-state index in [-0.39, 0.29) is 17.9 Å². The number of carbonyl (C=O) groups excluding carboxylic acids is 1. The number of pyridine rings is 1. The van der Waals surface area contributed by atoms with Crippen molar-refractivity contribution in [3.05, 3.63) is 54.5 Å². The summed E-state index contributed by atoms with van der Waals surface area (Å²) >= 11 is 0. The minimum atomic E-state index is -0.487. The second-order valence-corrected chi connectivity index (χ2v) is 10.4. The highest BCUT2D eigenvalue weighted by atomic mass is 16.6. The Hall–Kier alpha value is -3.52. The van der Waals surface area contributed by atoms with Crippen LogP contribution in [0.5, 0.6) is 0 Å². The van der Waals surface area contributed by atoms with Crippen LogP contribution in [0.4, 0.5) is 5.82 Å². The van der Waals surface area contributed by atoms with Crippen LogP contribution < -0.4 is 10.2 Å². The molecule has 3 aromatic heterocycles. The highest BCUT2D eigenvalue weighted by molar-refractivity contribution is 5.87. The van der Waals surface area contributed by atoms with E-state index in [1.54, 1.807) is 0 Å². The number of nitrogens with zero attached hydrogens (tertiary/aromatic N) is 5. The van der Waals surface area contributed by atoms with Crippen molar-refractivity contribution in [1.29, 1.82) is 0 Å². The summed E-state index contributed by atoms with van der Waals surface area (Å²) in [4.78, 5) is 24.3. The number of nitrogens with one attached hydrogen (secondary N) is 1. The van der Waals surface area contributed by atoms with Crippen molar-refractivity contribution in [2.45, 2.75) is 51.2 Å². The van der Waals surface area contributed by atoms with Crippen LogP contribution in [0.2, 0.25) is 0 Å². The van der Waals surface area contributed by atoms with Gasteiger partial charge >= 0.3 is 5.97 Å². The third-order valence-corrected chi connectivity index (χ3v) is 6.36. The number of hydrogen-bond acceptors (Lipinski definition) is 7. The minimum absolute atomic E-state index is 0.185. The highest BCUT2D eigenvalue weighted by Gasteiger charge is 2.31. The topological polar surface area (TPSA) is 84.6 Å². The fraction of sp³-hybridized carbons (Fsp3) is 0.407. The summed E-state index contributed by atoms with van der Waals surface area (Å²) in [6.45, 7) is 6.35. The van der Waals surface area contributed by atoms with E-state index >= 15 is 0 Å². The highest BCUT2D eigenvalue weighted by Crippen LogP contribution is 2.32. The number of piperidine rings is 1. The molecule has 8 heteroatoms. The molecule has 0 aliphatic carbocycles. The average Bonchev–Trinajstić information content (AvgIpc) is 3.26. The van der Waals surface area contributed by atoms with Gasteiger partial charge in [0, 0.05) is 55.3 Å². The van der Waals surface area contributed by atoms with Crippen LogP contribution in [-0.2, 0) is 9.53 Å². The molecule has 0 spiro atoms. The molecular weight excluding hydrogens is 440 g/mol. The number of fused-ring (bicyclic) bond motifs is 2. The fourth-order valence-corrected chi connectivity index (χ4v) is 4.60. The van der Waals surface area contributed by atoms with Gasteiger partial charge in [0.2, 0.25) is 0 Å². The lowest BCUT2D eigenvalue weighted by Gasteiger charge is -2.31. The van der Waals surface area contributed by atoms with E-state index in [2.05, 4.69) is 33.6 Å². The first-order chi connectivity index (χ1) is 16.7. The van der Waals surface area contributed by atoms with Gasteiger partial charge in [-0.3, -0.25) is 9.78 Å². The summed E-state index contributed by atoms with van der Waals surface area (Å²) in [5, 5.41) is 9.13. The van der Waals surface area contributed by atoms with E-state index in [1.165, 1.54) is 0 Å². The van der Waals surface area contributed by atoms with E-state index in [9.17, 15) is 4.79 Å². The monoisotopic (exact) mass is 472 g/mol. The van der Waals surface area contributed by atoms with Crippen molar-refractivity contribution >= 4 is 28.3 Å². The Labute approximate surface area is 205 Å². The van der Waals surface area contributed by atoms with Gasteiger partial charge in [0.05, 0.1) is 17.4 Å². The van der Waals surface area contributed by atoms with Gasteiger partial charge in [-0.25, -0.2) is 4.98 Å². The molecule has 4 aromatic rings. The van der Waals surface area contributed by atoms with Gasteiger partial charge in [0.15, 0.2) is 5.65 Å². The Balaban J connectivity index is 1.47. The lowest BCUT2D eigenvalue weighted by atomic mass is 9.91. The Morgan fingerprint density at radius 3 is 2.66 bits per heavy atom. The Kier molecular flexibility index (Phi) is 5.92. The van der Waals surface area contributed by atoms with Gasteiger partial charge in [-0.15, -0.1) is 0 Å². The van der Waals surface area contributed by atoms with E-state index < -0.39 is 5.60 Å². The first-order valence-corrected chi connectivity index (χ1v) is 12.1. The average molecular weight is 473 g/mol. The van der Waals surface area contributed by atoms with E-state index in [0.29, 0.717) is 13.0 Å². The number of aromatic nitrogens is 4. The maximum atomic E-state index is 12.5. The summed E-state index contributed by atoms with van der Waals surface area (Å²) in [7, 11) is 4.02. The minimum Gasteiger partial charge on any atom is -0.459 e. The van der Waals surface area contributed by atoms with Crippen LogP contribution in [0.1, 0.15) is 45.2 Å². The molecule has 1 N–H and O–H groups in total. The largest absolute Gasteiger partial charge is 0.459 e. The number of hydrogen-bond donors (Lipinski definition) is 1. The number of rotatable bonds is 4. The van der Waals surface area contributed by atoms with Crippen LogP contribution in [0, 0.1) is 0 Å². The number of carbonyl (C=O) groups is 1. The first kappa shape index (κ1) is 23.2.